The van der Waals surface area contributed by atoms with Crippen molar-refractivity contribution in [1.29, 1.82) is 0 Å². The minimum Gasteiger partial charge on any atom is -0.488 e. The lowest BCUT2D eigenvalue weighted by Gasteiger charge is -2.15. The van der Waals surface area contributed by atoms with E-state index < -0.39 is 5.76 Å². The van der Waals surface area contributed by atoms with Crippen molar-refractivity contribution in [3.8, 4) is 5.75 Å². The van der Waals surface area contributed by atoms with Crippen LogP contribution in [0.25, 0.3) is 22.2 Å². The summed E-state index contributed by atoms with van der Waals surface area (Å²) in [5.74, 6) is 1.64. The number of aliphatic hydroxyl groups is 1. The third kappa shape index (κ3) is 4.54. The maximum absolute atomic E-state index is 11.7. The van der Waals surface area contributed by atoms with Crippen LogP contribution in [0.5, 0.6) is 5.75 Å². The maximum atomic E-state index is 11.7. The highest BCUT2D eigenvalue weighted by molar-refractivity contribution is 5.99. The molecule has 0 spiro atoms. The Bertz CT molecular complexity index is 1790. The Hall–Kier alpha value is -4.43. The molecule has 1 atom stereocenters. The third-order valence-corrected chi connectivity index (χ3v) is 7.66. The molecule has 0 aliphatic carbocycles. The standard InChI is InChI=1S/C32H32N4O4/c1-4-8-28-33-30-23(19(2)17-37)10-7-11-26(30)36(28)16-21-13-14-24-22(15-21)18-39-27-12-6-5-9-25(27)29(24)20(3)31-34-32(38)40-35-31/h5-7,9-15,19,37H,4,8,16-18H2,1-3H3,(H,34,35,38). The van der Waals surface area contributed by atoms with E-state index in [1.807, 2.05) is 44.2 Å². The van der Waals surface area contributed by atoms with Gasteiger partial charge < -0.3 is 14.4 Å². The van der Waals surface area contributed by atoms with Crippen molar-refractivity contribution in [2.24, 2.45) is 0 Å². The zero-order valence-corrected chi connectivity index (χ0v) is 22.9. The second-order valence-corrected chi connectivity index (χ2v) is 10.4. The number of imidazole rings is 1. The van der Waals surface area contributed by atoms with Gasteiger partial charge >= 0.3 is 5.76 Å². The van der Waals surface area contributed by atoms with Gasteiger partial charge in [-0.05, 0) is 59.4 Å². The summed E-state index contributed by atoms with van der Waals surface area (Å²) in [6, 6.07) is 20.6. The van der Waals surface area contributed by atoms with E-state index in [1.165, 1.54) is 0 Å². The third-order valence-electron chi connectivity index (χ3n) is 7.66. The van der Waals surface area contributed by atoms with E-state index in [1.54, 1.807) is 0 Å². The van der Waals surface area contributed by atoms with Crippen LogP contribution >= 0.6 is 0 Å². The van der Waals surface area contributed by atoms with Crippen LogP contribution in [0.2, 0.25) is 0 Å². The highest BCUT2D eigenvalue weighted by atomic mass is 16.5. The van der Waals surface area contributed by atoms with Gasteiger partial charge in [0, 0.05) is 36.6 Å². The molecule has 0 fully saturated rings. The lowest BCUT2D eigenvalue weighted by molar-refractivity contribution is 0.273. The number of ether oxygens (including phenoxy) is 1. The minimum atomic E-state index is -0.587. The van der Waals surface area contributed by atoms with Gasteiger partial charge in [-0.15, -0.1) is 0 Å². The predicted octanol–water partition coefficient (Wildman–Crippen LogP) is 5.68. The number of hydrogen-bond acceptors (Lipinski definition) is 6. The molecule has 8 heteroatoms. The molecule has 6 rings (SSSR count). The number of aromatic amines is 1. The number of nitrogens with one attached hydrogen (secondary N) is 1. The zero-order valence-electron chi connectivity index (χ0n) is 22.9. The normalized spacial score (nSPS) is 14.8. The van der Waals surface area contributed by atoms with Crippen LogP contribution in [0.1, 0.15) is 72.6 Å². The minimum absolute atomic E-state index is 0.0147. The monoisotopic (exact) mass is 536 g/mol. The number of hydrogen-bond donors (Lipinski definition) is 2. The summed E-state index contributed by atoms with van der Waals surface area (Å²) < 4.78 is 13.4. The Labute approximate surface area is 231 Å². The van der Waals surface area contributed by atoms with E-state index in [2.05, 4.69) is 52.0 Å². The highest BCUT2D eigenvalue weighted by Gasteiger charge is 2.24. The summed E-state index contributed by atoms with van der Waals surface area (Å²) in [5, 5.41) is 13.8. The summed E-state index contributed by atoms with van der Waals surface area (Å²) in [4.78, 5) is 19.5. The Balaban J connectivity index is 1.46. The smallest absolute Gasteiger partial charge is 0.439 e. The molecule has 204 valence electrons. The van der Waals surface area contributed by atoms with Gasteiger partial charge in [0.05, 0.1) is 11.0 Å². The van der Waals surface area contributed by atoms with Gasteiger partial charge in [0.1, 0.15) is 18.2 Å². The molecular formula is C32H32N4O4. The molecule has 1 aliphatic heterocycles. The molecule has 0 amide bonds. The van der Waals surface area contributed by atoms with Crippen LogP contribution in [0.4, 0.5) is 0 Å². The molecule has 0 saturated heterocycles. The van der Waals surface area contributed by atoms with Gasteiger partial charge in [-0.3, -0.25) is 9.51 Å². The Morgan fingerprint density at radius 2 is 1.98 bits per heavy atom. The fourth-order valence-electron chi connectivity index (χ4n) is 5.61. The van der Waals surface area contributed by atoms with Crippen LogP contribution < -0.4 is 10.5 Å². The lowest BCUT2D eigenvalue weighted by atomic mass is 9.89. The molecule has 5 aromatic rings. The van der Waals surface area contributed by atoms with E-state index in [0.717, 1.165) is 74.4 Å². The van der Waals surface area contributed by atoms with Crippen molar-refractivity contribution in [3.05, 3.63) is 111 Å². The summed E-state index contributed by atoms with van der Waals surface area (Å²) in [6.45, 7) is 7.28. The average molecular weight is 537 g/mol. The number of aromatic nitrogens is 4. The molecule has 40 heavy (non-hydrogen) atoms. The summed E-state index contributed by atoms with van der Waals surface area (Å²) in [7, 11) is 0. The van der Waals surface area contributed by atoms with Crippen LogP contribution in [0, 0.1) is 0 Å². The summed E-state index contributed by atoms with van der Waals surface area (Å²) in [5.41, 5.74) is 9.00. The first kappa shape index (κ1) is 25.8. The van der Waals surface area contributed by atoms with Crippen LogP contribution in [0.3, 0.4) is 0 Å². The molecule has 1 aliphatic rings. The number of H-pyrrole nitrogens is 1. The van der Waals surface area contributed by atoms with Crippen molar-refractivity contribution < 1.29 is 14.4 Å². The first-order valence-corrected chi connectivity index (χ1v) is 13.7. The number of rotatable bonds is 7. The Kier molecular flexibility index (Phi) is 6.86. The Morgan fingerprint density at radius 1 is 1.12 bits per heavy atom. The second-order valence-electron chi connectivity index (χ2n) is 10.4. The molecular weight excluding hydrogens is 504 g/mol. The number of aliphatic hydroxyl groups excluding tert-OH is 1. The van der Waals surface area contributed by atoms with E-state index in [-0.39, 0.29) is 12.5 Å². The number of benzene rings is 3. The van der Waals surface area contributed by atoms with Gasteiger partial charge in [0.15, 0.2) is 5.82 Å². The van der Waals surface area contributed by atoms with E-state index >= 15 is 0 Å². The number of aryl methyl sites for hydroxylation is 1. The van der Waals surface area contributed by atoms with Crippen LogP contribution in [-0.4, -0.2) is 31.4 Å². The van der Waals surface area contributed by atoms with Crippen molar-refractivity contribution in [3.63, 3.8) is 0 Å². The molecule has 0 radical (unpaired) electrons. The predicted molar refractivity (Wildman–Crippen MR) is 154 cm³/mol. The first-order chi connectivity index (χ1) is 19.5. The number of fused-ring (bicyclic) bond motifs is 3. The molecule has 1 unspecified atom stereocenters. The van der Waals surface area contributed by atoms with E-state index in [0.29, 0.717) is 19.0 Å². The number of allylic oxidation sites excluding steroid dienone is 1. The molecule has 0 saturated carbocycles. The highest BCUT2D eigenvalue weighted by Crippen LogP contribution is 2.40. The lowest BCUT2D eigenvalue weighted by Crippen LogP contribution is -2.07. The van der Waals surface area contributed by atoms with Crippen molar-refractivity contribution >= 4 is 22.2 Å². The number of para-hydroxylation sites is 2. The van der Waals surface area contributed by atoms with Crippen molar-refractivity contribution in [2.45, 2.75) is 52.7 Å². The van der Waals surface area contributed by atoms with Gasteiger partial charge in [0.2, 0.25) is 0 Å². The fraction of sp³-hybridized carbons (Fsp3) is 0.281. The quantitative estimate of drug-likeness (QED) is 0.277. The van der Waals surface area contributed by atoms with Gasteiger partial charge in [-0.1, -0.05) is 61.5 Å². The molecule has 3 aromatic carbocycles. The molecule has 2 aromatic heterocycles. The molecule has 2 N–H and O–H groups in total. The van der Waals surface area contributed by atoms with E-state index in [4.69, 9.17) is 14.2 Å². The molecule has 0 bridgehead atoms. The number of nitrogens with zero attached hydrogens (tertiary/aromatic N) is 3. The van der Waals surface area contributed by atoms with Crippen molar-refractivity contribution in [1.82, 2.24) is 19.7 Å². The van der Waals surface area contributed by atoms with Gasteiger partial charge in [-0.2, -0.15) is 0 Å². The second kappa shape index (κ2) is 10.6. The summed E-state index contributed by atoms with van der Waals surface area (Å²) >= 11 is 0. The molecule has 8 nitrogen and oxygen atoms in total. The van der Waals surface area contributed by atoms with Crippen LogP contribution in [-0.2, 0) is 19.6 Å². The topological polar surface area (TPSA) is 106 Å². The van der Waals surface area contributed by atoms with E-state index in [9.17, 15) is 9.90 Å². The maximum Gasteiger partial charge on any atom is 0.439 e. The fourth-order valence-corrected chi connectivity index (χ4v) is 5.61. The Morgan fingerprint density at radius 3 is 2.75 bits per heavy atom. The molecule has 3 heterocycles. The van der Waals surface area contributed by atoms with Crippen LogP contribution in [0.15, 0.2) is 70.0 Å². The zero-order chi connectivity index (χ0) is 27.8. The van der Waals surface area contributed by atoms with Crippen molar-refractivity contribution in [2.75, 3.05) is 6.61 Å². The SMILES string of the molecule is CCCc1nc2c(C(C)CO)cccc2n1Cc1ccc2c(c1)COc1ccccc1C2=C(C)c1noc(=O)[nH]1. The first-order valence-electron chi connectivity index (χ1n) is 13.7. The summed E-state index contributed by atoms with van der Waals surface area (Å²) in [6.07, 6.45) is 1.86. The average Bonchev–Trinajstić information content (AvgIpc) is 3.51. The van der Waals surface area contributed by atoms with Gasteiger partial charge in [0.25, 0.3) is 0 Å². The van der Waals surface area contributed by atoms with Gasteiger partial charge in [-0.25, -0.2) is 9.78 Å². The largest absolute Gasteiger partial charge is 0.488 e.